The second-order valence-corrected chi connectivity index (χ2v) is 5.55. The molecule has 0 aliphatic carbocycles. The van der Waals surface area contributed by atoms with Crippen LogP contribution in [-0.2, 0) is 0 Å². The molecule has 0 bridgehead atoms. The number of hydrogen-bond acceptors (Lipinski definition) is 6. The van der Waals surface area contributed by atoms with E-state index >= 15 is 0 Å². The number of anilines is 1. The van der Waals surface area contributed by atoms with Crippen LogP contribution in [0.1, 0.15) is 30.7 Å². The molecule has 100 valence electrons. The van der Waals surface area contributed by atoms with E-state index in [1.165, 1.54) is 17.4 Å². The van der Waals surface area contributed by atoms with Crippen LogP contribution in [0.2, 0.25) is 0 Å². The predicted octanol–water partition coefficient (Wildman–Crippen LogP) is 1.67. The molecule has 1 aliphatic heterocycles. The van der Waals surface area contributed by atoms with Gasteiger partial charge in [-0.15, -0.1) is 11.3 Å². The summed E-state index contributed by atoms with van der Waals surface area (Å²) in [5, 5.41) is 30.6. The van der Waals surface area contributed by atoms with Gasteiger partial charge < -0.3 is 15.1 Å². The van der Waals surface area contributed by atoms with Crippen LogP contribution in [0.15, 0.2) is 6.07 Å². The Bertz CT molecular complexity index is 438. The van der Waals surface area contributed by atoms with Crippen molar-refractivity contribution in [1.82, 2.24) is 0 Å². The van der Waals surface area contributed by atoms with Gasteiger partial charge in [0.1, 0.15) is 0 Å². The summed E-state index contributed by atoms with van der Waals surface area (Å²) in [6.45, 7) is 2.82. The Hall–Kier alpha value is -1.18. The highest BCUT2D eigenvalue weighted by molar-refractivity contribution is 7.16. The molecule has 0 radical (unpaired) electrons. The molecule has 1 aromatic rings. The van der Waals surface area contributed by atoms with Gasteiger partial charge in [0.15, 0.2) is 5.00 Å². The van der Waals surface area contributed by atoms with E-state index in [1.54, 1.807) is 6.92 Å². The third-order valence-electron chi connectivity index (χ3n) is 3.07. The van der Waals surface area contributed by atoms with E-state index in [2.05, 4.69) is 0 Å². The summed E-state index contributed by atoms with van der Waals surface area (Å²) in [6, 6.07) is 1.44. The first-order valence-corrected chi connectivity index (χ1v) is 6.70. The van der Waals surface area contributed by atoms with Crippen LogP contribution in [0, 0.1) is 10.1 Å². The predicted molar refractivity (Wildman–Crippen MR) is 69.1 cm³/mol. The maximum atomic E-state index is 11.0. The summed E-state index contributed by atoms with van der Waals surface area (Å²) < 4.78 is 0. The topological polar surface area (TPSA) is 86.8 Å². The Morgan fingerprint density at radius 1 is 1.56 bits per heavy atom. The van der Waals surface area contributed by atoms with Gasteiger partial charge in [-0.2, -0.15) is 0 Å². The van der Waals surface area contributed by atoms with Crippen molar-refractivity contribution in [3.8, 4) is 0 Å². The van der Waals surface area contributed by atoms with Crippen LogP contribution < -0.4 is 4.90 Å². The standard InChI is InChI=1S/C11H16N2O4S/c1-7(14)10-6-9(13(16)17)11(18-10)12-4-2-8(15)3-5-12/h6-8,14-15H,2-5H2,1H3/t7-/m0/s1. The highest BCUT2D eigenvalue weighted by atomic mass is 32.1. The zero-order valence-corrected chi connectivity index (χ0v) is 10.9. The van der Waals surface area contributed by atoms with E-state index in [-0.39, 0.29) is 11.8 Å². The lowest BCUT2D eigenvalue weighted by molar-refractivity contribution is -0.383. The van der Waals surface area contributed by atoms with Gasteiger partial charge in [-0.3, -0.25) is 10.1 Å². The quantitative estimate of drug-likeness (QED) is 0.645. The van der Waals surface area contributed by atoms with Gasteiger partial charge in [-0.25, -0.2) is 0 Å². The first-order chi connectivity index (χ1) is 8.49. The number of nitrogens with zero attached hydrogens (tertiary/aromatic N) is 2. The molecule has 0 spiro atoms. The fraction of sp³-hybridized carbons (Fsp3) is 0.636. The van der Waals surface area contributed by atoms with E-state index in [1.807, 2.05) is 4.90 Å². The molecule has 2 N–H and O–H groups in total. The van der Waals surface area contributed by atoms with Crippen molar-refractivity contribution in [2.45, 2.75) is 32.0 Å². The summed E-state index contributed by atoms with van der Waals surface area (Å²) in [6.07, 6.45) is 0.243. The number of hydrogen-bond donors (Lipinski definition) is 2. The molecule has 2 rings (SSSR count). The summed E-state index contributed by atoms with van der Waals surface area (Å²) in [5.74, 6) is 0. The number of piperidine rings is 1. The Morgan fingerprint density at radius 2 is 2.17 bits per heavy atom. The number of aliphatic hydroxyl groups is 2. The normalized spacial score (nSPS) is 18.9. The van der Waals surface area contributed by atoms with Gasteiger partial charge in [0, 0.05) is 24.0 Å². The van der Waals surface area contributed by atoms with Crippen molar-refractivity contribution in [2.24, 2.45) is 0 Å². The molecule has 1 saturated heterocycles. The zero-order valence-electron chi connectivity index (χ0n) is 10.1. The molecule has 1 aliphatic rings. The molecule has 0 unspecified atom stereocenters. The fourth-order valence-corrected chi connectivity index (χ4v) is 3.14. The average Bonchev–Trinajstić information content (AvgIpc) is 2.75. The molecule has 1 fully saturated rings. The van der Waals surface area contributed by atoms with Gasteiger partial charge in [-0.05, 0) is 19.8 Å². The Labute approximate surface area is 109 Å². The van der Waals surface area contributed by atoms with Crippen molar-refractivity contribution in [2.75, 3.05) is 18.0 Å². The molecule has 18 heavy (non-hydrogen) atoms. The highest BCUT2D eigenvalue weighted by Gasteiger charge is 2.27. The van der Waals surface area contributed by atoms with E-state index in [0.717, 1.165) is 0 Å². The number of thiophene rings is 1. The van der Waals surface area contributed by atoms with E-state index in [9.17, 15) is 20.3 Å². The molecule has 0 aromatic carbocycles. The lowest BCUT2D eigenvalue weighted by Gasteiger charge is -2.29. The maximum absolute atomic E-state index is 11.0. The van der Waals surface area contributed by atoms with E-state index in [0.29, 0.717) is 35.8 Å². The van der Waals surface area contributed by atoms with E-state index in [4.69, 9.17) is 0 Å². The average molecular weight is 272 g/mol. The number of nitro groups is 1. The minimum Gasteiger partial charge on any atom is -0.393 e. The molecule has 0 amide bonds. The van der Waals surface area contributed by atoms with E-state index < -0.39 is 11.0 Å². The van der Waals surface area contributed by atoms with Crippen molar-refractivity contribution in [1.29, 1.82) is 0 Å². The van der Waals surface area contributed by atoms with Crippen molar-refractivity contribution in [3.05, 3.63) is 21.1 Å². The van der Waals surface area contributed by atoms with Crippen molar-refractivity contribution >= 4 is 22.0 Å². The Morgan fingerprint density at radius 3 is 2.67 bits per heavy atom. The van der Waals surface area contributed by atoms with Crippen LogP contribution >= 0.6 is 11.3 Å². The van der Waals surface area contributed by atoms with Gasteiger partial charge in [0.25, 0.3) is 0 Å². The molecule has 0 saturated carbocycles. The lowest BCUT2D eigenvalue weighted by atomic mass is 10.1. The summed E-state index contributed by atoms with van der Waals surface area (Å²) in [4.78, 5) is 13.1. The smallest absolute Gasteiger partial charge is 0.304 e. The number of aliphatic hydroxyl groups excluding tert-OH is 2. The molecular weight excluding hydrogens is 256 g/mol. The largest absolute Gasteiger partial charge is 0.393 e. The first kappa shape index (κ1) is 13.3. The molecule has 6 nitrogen and oxygen atoms in total. The van der Waals surface area contributed by atoms with Crippen LogP contribution in [0.4, 0.5) is 10.7 Å². The van der Waals surface area contributed by atoms with Gasteiger partial charge in [0.2, 0.25) is 0 Å². The third-order valence-corrected chi connectivity index (χ3v) is 4.43. The van der Waals surface area contributed by atoms with Gasteiger partial charge in [0.05, 0.1) is 17.1 Å². The van der Waals surface area contributed by atoms with Crippen LogP contribution in [0.3, 0.4) is 0 Å². The van der Waals surface area contributed by atoms with Crippen LogP contribution in [0.5, 0.6) is 0 Å². The van der Waals surface area contributed by atoms with Gasteiger partial charge >= 0.3 is 5.69 Å². The Kier molecular flexibility index (Phi) is 3.84. The second-order valence-electron chi connectivity index (χ2n) is 4.49. The maximum Gasteiger partial charge on any atom is 0.304 e. The van der Waals surface area contributed by atoms with Crippen molar-refractivity contribution in [3.63, 3.8) is 0 Å². The molecule has 7 heteroatoms. The lowest BCUT2D eigenvalue weighted by Crippen LogP contribution is -2.35. The van der Waals surface area contributed by atoms with Crippen LogP contribution in [0.25, 0.3) is 0 Å². The second kappa shape index (κ2) is 5.21. The fourth-order valence-electron chi connectivity index (χ4n) is 2.02. The van der Waals surface area contributed by atoms with Crippen molar-refractivity contribution < 1.29 is 15.1 Å². The number of rotatable bonds is 3. The summed E-state index contributed by atoms with van der Waals surface area (Å²) >= 11 is 1.26. The molecule has 1 aromatic heterocycles. The summed E-state index contributed by atoms with van der Waals surface area (Å²) in [7, 11) is 0. The Balaban J connectivity index is 2.28. The zero-order chi connectivity index (χ0) is 13.3. The van der Waals surface area contributed by atoms with Gasteiger partial charge in [-0.1, -0.05) is 0 Å². The molecular formula is C11H16N2O4S. The first-order valence-electron chi connectivity index (χ1n) is 5.88. The molecule has 2 heterocycles. The minimum atomic E-state index is -0.696. The van der Waals surface area contributed by atoms with Crippen LogP contribution in [-0.4, -0.2) is 34.3 Å². The minimum absolute atomic E-state index is 0.0484. The third kappa shape index (κ3) is 2.63. The monoisotopic (exact) mass is 272 g/mol. The SMILES string of the molecule is C[C@H](O)c1cc([N+](=O)[O-])c(N2CCC(O)CC2)s1. The highest BCUT2D eigenvalue weighted by Crippen LogP contribution is 2.40. The molecule has 1 atom stereocenters. The summed E-state index contributed by atoms with van der Waals surface area (Å²) in [5.41, 5.74) is 0.0484.